The van der Waals surface area contributed by atoms with Gasteiger partial charge >= 0.3 is 0 Å². The van der Waals surface area contributed by atoms with Gasteiger partial charge in [0.1, 0.15) is 11.6 Å². The van der Waals surface area contributed by atoms with Crippen LogP contribution in [0.1, 0.15) is 204 Å². The van der Waals surface area contributed by atoms with Crippen molar-refractivity contribution in [3.63, 3.8) is 0 Å². The Kier molecular flexibility index (Phi) is 37.0. The monoisotopic (exact) mass is 866 g/mol. The number of nitrogens with two attached hydrogens (primary N) is 1. The number of ketones is 2. The largest absolute Gasteiger partial charge is 0.499 e. The molecule has 3 unspecified atom stereocenters. The van der Waals surface area contributed by atoms with Crippen molar-refractivity contribution in [2.45, 2.75) is 210 Å². The summed E-state index contributed by atoms with van der Waals surface area (Å²) in [7, 11) is 1.50. The second-order valence-electron chi connectivity index (χ2n) is 17.3. The van der Waals surface area contributed by atoms with Crippen molar-refractivity contribution < 1.29 is 33.3 Å². The highest BCUT2D eigenvalue weighted by molar-refractivity contribution is 7.08. The summed E-state index contributed by atoms with van der Waals surface area (Å²) < 4.78 is 30.8. The van der Waals surface area contributed by atoms with Crippen LogP contribution in [0.3, 0.4) is 0 Å². The molecule has 1 aliphatic heterocycles. The van der Waals surface area contributed by atoms with Crippen LogP contribution < -0.4 is 15.2 Å². The maximum Gasteiger partial charge on any atom is 0.171 e. The zero-order valence-corrected chi connectivity index (χ0v) is 40.5. The second-order valence-corrected chi connectivity index (χ2v) is 18.0. The summed E-state index contributed by atoms with van der Waals surface area (Å²) in [6.07, 6.45) is 21.5. The first-order valence-electron chi connectivity index (χ1n) is 23.5. The number of thiophene rings is 1. The summed E-state index contributed by atoms with van der Waals surface area (Å²) in [6.45, 7) is 28.1. The number of Topliss-reactive ketones (excluding diaryl/α,β-unsaturated/α-hetero) is 2. The number of ether oxygens (including phenoxy) is 5. The van der Waals surface area contributed by atoms with Crippen molar-refractivity contribution in [3.05, 3.63) is 35.4 Å². The third-order valence-electron chi connectivity index (χ3n) is 11.1. The minimum atomic E-state index is -0.371. The molecule has 0 bridgehead atoms. The van der Waals surface area contributed by atoms with E-state index in [1.54, 1.807) is 11.3 Å². The average molecular weight is 866 g/mol. The Balaban J connectivity index is 0. The van der Waals surface area contributed by atoms with Crippen LogP contribution in [0.2, 0.25) is 0 Å². The molecule has 352 valence electrons. The lowest BCUT2D eigenvalue weighted by Gasteiger charge is -2.38. The van der Waals surface area contributed by atoms with Crippen LogP contribution in [-0.2, 0) is 23.8 Å². The Bertz CT molecular complexity index is 1210. The standard InChI is InChI=1S/C39H66O6S.C10H20O.CH5N.CH4/c1-8-11-14-17-32(5)42-27-38(7,24-31(4)35(41)19-16-13-10-3)22-23-39(29-44-36-25-46-26-37(36)45-30-39)28-43-33(6)20-21-34(40)18-15-12-9-2;1-4-6-7-8-10(3)11-9-5-2;1-2;/h25-26,31,33H,5,8-24,27-30H2,1-4,6-7H3;3-9H2,1-2H3;2H2,1H3;1H4. The summed E-state index contributed by atoms with van der Waals surface area (Å²) in [5.41, 5.74) is 3.90. The number of hydrogen-bond acceptors (Lipinski definition) is 9. The number of hydrogen-bond donors (Lipinski definition) is 1. The predicted molar refractivity (Wildman–Crippen MR) is 257 cm³/mol. The summed E-state index contributed by atoms with van der Waals surface area (Å²) in [6, 6.07) is 0. The summed E-state index contributed by atoms with van der Waals surface area (Å²) >= 11 is 1.58. The molecule has 1 aromatic rings. The molecule has 1 aliphatic rings. The van der Waals surface area contributed by atoms with Gasteiger partial charge in [-0.1, -0.05) is 120 Å². The lowest BCUT2D eigenvalue weighted by atomic mass is 9.72. The fourth-order valence-corrected chi connectivity index (χ4v) is 7.69. The highest BCUT2D eigenvalue weighted by Gasteiger charge is 2.40. The van der Waals surface area contributed by atoms with Crippen molar-refractivity contribution in [2.24, 2.45) is 22.5 Å². The van der Waals surface area contributed by atoms with Gasteiger partial charge in [-0.3, -0.25) is 9.59 Å². The minimum absolute atomic E-state index is 0. The molecule has 2 rings (SSSR count). The number of unbranched alkanes of at least 4 members (excludes halogenated alkanes) is 8. The lowest BCUT2D eigenvalue weighted by Crippen LogP contribution is -2.41. The molecule has 0 saturated carbocycles. The first-order valence-corrected chi connectivity index (χ1v) is 24.5. The molecule has 0 fully saturated rings. The molecule has 3 atom stereocenters. The Morgan fingerprint density at radius 1 is 0.767 bits per heavy atom. The van der Waals surface area contributed by atoms with Crippen LogP contribution in [0, 0.1) is 16.7 Å². The Morgan fingerprint density at radius 3 is 1.78 bits per heavy atom. The van der Waals surface area contributed by atoms with Gasteiger partial charge in [0.25, 0.3) is 0 Å². The van der Waals surface area contributed by atoms with Crippen LogP contribution in [0.5, 0.6) is 11.5 Å². The Morgan fingerprint density at radius 2 is 1.27 bits per heavy atom. The topological polar surface area (TPSA) is 106 Å². The van der Waals surface area contributed by atoms with Crippen LogP contribution in [0.4, 0.5) is 0 Å². The molecule has 60 heavy (non-hydrogen) atoms. The van der Waals surface area contributed by atoms with Gasteiger partial charge in [-0.2, -0.15) is 0 Å². The first-order chi connectivity index (χ1) is 28.4. The predicted octanol–water partition coefficient (Wildman–Crippen LogP) is 14.6. The summed E-state index contributed by atoms with van der Waals surface area (Å²) in [5.74, 6) is 4.02. The lowest BCUT2D eigenvalue weighted by molar-refractivity contribution is -0.124. The zero-order chi connectivity index (χ0) is 44.4. The maximum atomic E-state index is 13.1. The molecule has 8 nitrogen and oxygen atoms in total. The van der Waals surface area contributed by atoms with Crippen LogP contribution in [0.25, 0.3) is 0 Å². The zero-order valence-electron chi connectivity index (χ0n) is 39.7. The quantitative estimate of drug-likeness (QED) is 0.0539. The van der Waals surface area contributed by atoms with E-state index in [9.17, 15) is 9.59 Å². The molecule has 0 saturated heterocycles. The molecule has 0 radical (unpaired) electrons. The molecule has 0 spiro atoms. The van der Waals surface area contributed by atoms with Crippen molar-refractivity contribution in [3.8, 4) is 11.5 Å². The molecular weight excluding hydrogens is 771 g/mol. The fourth-order valence-electron chi connectivity index (χ4n) is 7.01. The molecule has 2 heterocycles. The third-order valence-corrected chi connectivity index (χ3v) is 11.8. The van der Waals surface area contributed by atoms with Crippen molar-refractivity contribution >= 4 is 22.9 Å². The third kappa shape index (κ3) is 28.3. The molecule has 9 heteroatoms. The van der Waals surface area contributed by atoms with Crippen LogP contribution >= 0.6 is 11.3 Å². The van der Waals surface area contributed by atoms with Crippen molar-refractivity contribution in [1.29, 1.82) is 0 Å². The van der Waals surface area contributed by atoms with E-state index < -0.39 is 0 Å². The van der Waals surface area contributed by atoms with Gasteiger partial charge in [0, 0.05) is 54.2 Å². The molecular formula is C51H95NO7S. The minimum Gasteiger partial charge on any atom is -0.499 e. The summed E-state index contributed by atoms with van der Waals surface area (Å²) in [5, 5.41) is 3.99. The van der Waals surface area contributed by atoms with Gasteiger partial charge < -0.3 is 29.4 Å². The maximum absolute atomic E-state index is 13.1. The van der Waals surface area contributed by atoms with E-state index >= 15 is 0 Å². The molecule has 1 aromatic heterocycles. The average Bonchev–Trinajstić information content (AvgIpc) is 3.62. The normalized spacial score (nSPS) is 14.6. The first kappa shape index (κ1) is 59.7. The van der Waals surface area contributed by atoms with Gasteiger partial charge in [-0.15, -0.1) is 11.3 Å². The number of carbonyl (C=O) groups excluding carboxylic acids is 2. The number of carbonyl (C=O) groups is 2. The molecule has 0 amide bonds. The van der Waals surface area contributed by atoms with Crippen LogP contribution in [0.15, 0.2) is 35.4 Å². The van der Waals surface area contributed by atoms with E-state index in [-0.39, 0.29) is 30.3 Å². The smallest absolute Gasteiger partial charge is 0.171 e. The van der Waals surface area contributed by atoms with Crippen LogP contribution in [-0.4, -0.2) is 57.8 Å². The SMILES string of the molecule is C.C=C(CCCCC)OCC(C)(CCC1(COC(C)CCC(=O)CCCCC)COc2cscc2OC1)CC(C)C(=O)CCCCC.C=C(CCCCC)OCCC.CN. The van der Waals surface area contributed by atoms with Gasteiger partial charge in [-0.25, -0.2) is 0 Å². The van der Waals surface area contributed by atoms with E-state index in [1.165, 1.54) is 32.7 Å². The summed E-state index contributed by atoms with van der Waals surface area (Å²) in [4.78, 5) is 25.5. The number of fused-ring (bicyclic) bond motifs is 1. The molecule has 0 aromatic carbocycles. The van der Waals surface area contributed by atoms with Gasteiger partial charge in [0.2, 0.25) is 0 Å². The molecule has 2 N–H and O–H groups in total. The van der Waals surface area contributed by atoms with E-state index in [2.05, 4.69) is 74.3 Å². The van der Waals surface area contributed by atoms with Gasteiger partial charge in [0.05, 0.1) is 56.1 Å². The Labute approximate surface area is 374 Å². The second kappa shape index (κ2) is 37.2. The van der Waals surface area contributed by atoms with Gasteiger partial charge in [0.15, 0.2) is 11.5 Å². The van der Waals surface area contributed by atoms with E-state index in [0.717, 1.165) is 126 Å². The Hall–Kier alpha value is -2.36. The highest BCUT2D eigenvalue weighted by atomic mass is 32.1. The fraction of sp³-hybridized carbons (Fsp3) is 0.804. The van der Waals surface area contributed by atoms with E-state index in [4.69, 9.17) is 23.7 Å². The van der Waals surface area contributed by atoms with Gasteiger partial charge in [-0.05, 0) is 71.8 Å². The number of allylic oxidation sites excluding steroid dienone is 2. The van der Waals surface area contributed by atoms with E-state index in [1.807, 2.05) is 10.8 Å². The van der Waals surface area contributed by atoms with Crippen molar-refractivity contribution in [1.82, 2.24) is 0 Å². The highest BCUT2D eigenvalue weighted by Crippen LogP contribution is 2.42. The number of rotatable bonds is 34. The van der Waals surface area contributed by atoms with Crippen molar-refractivity contribution in [2.75, 3.05) is 40.1 Å². The van der Waals surface area contributed by atoms with E-state index in [0.29, 0.717) is 57.3 Å². The molecule has 0 aliphatic carbocycles.